The van der Waals surface area contributed by atoms with Gasteiger partial charge in [-0.15, -0.1) is 0 Å². The summed E-state index contributed by atoms with van der Waals surface area (Å²) in [6.45, 7) is 2.70. The molecular formula is C16H25N5O. The van der Waals surface area contributed by atoms with Crippen LogP contribution in [-0.4, -0.2) is 54.5 Å². The van der Waals surface area contributed by atoms with Gasteiger partial charge < -0.3 is 15.1 Å². The second-order valence-corrected chi connectivity index (χ2v) is 6.60. The van der Waals surface area contributed by atoms with Crippen molar-refractivity contribution in [3.8, 4) is 0 Å². The van der Waals surface area contributed by atoms with E-state index in [0.29, 0.717) is 0 Å². The lowest BCUT2D eigenvalue weighted by atomic mass is 9.97. The molecule has 3 rings (SSSR count). The average Bonchev–Trinajstić information content (AvgIpc) is 3.37. The Morgan fingerprint density at radius 2 is 2.18 bits per heavy atom. The molecule has 0 spiro atoms. The number of carbonyl (C=O) groups is 1. The van der Waals surface area contributed by atoms with Crippen LogP contribution in [0.15, 0.2) is 12.4 Å². The van der Waals surface area contributed by atoms with Crippen molar-refractivity contribution < 1.29 is 4.79 Å². The monoisotopic (exact) mass is 303 g/mol. The number of anilines is 2. The van der Waals surface area contributed by atoms with E-state index in [-0.39, 0.29) is 11.8 Å². The fraction of sp³-hybridized carbons (Fsp3) is 0.688. The molecule has 1 unspecified atom stereocenters. The summed E-state index contributed by atoms with van der Waals surface area (Å²) >= 11 is 0. The lowest BCUT2D eigenvalue weighted by Crippen LogP contribution is -2.43. The molecule has 0 aromatic carbocycles. The molecule has 1 saturated heterocycles. The quantitative estimate of drug-likeness (QED) is 0.895. The van der Waals surface area contributed by atoms with E-state index in [1.54, 1.807) is 11.2 Å². The maximum absolute atomic E-state index is 12.2. The van der Waals surface area contributed by atoms with Crippen molar-refractivity contribution in [2.45, 2.75) is 25.7 Å². The minimum absolute atomic E-state index is 0.0709. The molecule has 1 amide bonds. The lowest BCUT2D eigenvalue weighted by molar-refractivity contribution is -0.133. The smallest absolute Gasteiger partial charge is 0.226 e. The van der Waals surface area contributed by atoms with E-state index in [1.165, 1.54) is 12.8 Å². The van der Waals surface area contributed by atoms with E-state index in [4.69, 9.17) is 0 Å². The molecule has 2 heterocycles. The molecule has 1 atom stereocenters. The Hall–Kier alpha value is -1.85. The summed E-state index contributed by atoms with van der Waals surface area (Å²) in [5.41, 5.74) is 0. The number of nitrogens with one attached hydrogen (secondary N) is 1. The lowest BCUT2D eigenvalue weighted by Gasteiger charge is -2.34. The predicted molar refractivity (Wildman–Crippen MR) is 86.9 cm³/mol. The van der Waals surface area contributed by atoms with Crippen molar-refractivity contribution in [1.29, 1.82) is 0 Å². The molecule has 1 aliphatic carbocycles. The number of nitrogens with zero attached hydrogens (tertiary/aromatic N) is 4. The van der Waals surface area contributed by atoms with Crippen LogP contribution in [-0.2, 0) is 4.79 Å². The van der Waals surface area contributed by atoms with Crippen molar-refractivity contribution in [3.63, 3.8) is 0 Å². The van der Waals surface area contributed by atoms with Gasteiger partial charge in [-0.2, -0.15) is 0 Å². The van der Waals surface area contributed by atoms with Gasteiger partial charge in [0.25, 0.3) is 0 Å². The first-order valence-corrected chi connectivity index (χ1v) is 8.15. The SMILES string of the molecule is CN(C)C(=O)C1CCCN(c2cc(NCC3CC3)ncn2)C1. The number of hydrogen-bond donors (Lipinski definition) is 1. The number of hydrogen-bond acceptors (Lipinski definition) is 5. The molecule has 1 aliphatic heterocycles. The second kappa shape index (κ2) is 6.50. The van der Waals surface area contributed by atoms with Gasteiger partial charge in [0.1, 0.15) is 18.0 Å². The maximum Gasteiger partial charge on any atom is 0.226 e. The minimum Gasteiger partial charge on any atom is -0.370 e. The van der Waals surface area contributed by atoms with Crippen molar-refractivity contribution in [2.75, 3.05) is 43.9 Å². The summed E-state index contributed by atoms with van der Waals surface area (Å²) in [5.74, 6) is 2.91. The topological polar surface area (TPSA) is 61.4 Å². The highest BCUT2D eigenvalue weighted by molar-refractivity contribution is 5.79. The largest absolute Gasteiger partial charge is 0.370 e. The van der Waals surface area contributed by atoms with E-state index in [1.807, 2.05) is 20.2 Å². The molecule has 6 nitrogen and oxygen atoms in total. The number of amides is 1. The summed E-state index contributed by atoms with van der Waals surface area (Å²) in [7, 11) is 3.65. The third-order valence-electron chi connectivity index (χ3n) is 4.46. The number of aromatic nitrogens is 2. The van der Waals surface area contributed by atoms with Crippen LogP contribution in [0.3, 0.4) is 0 Å². The van der Waals surface area contributed by atoms with Gasteiger partial charge in [0.2, 0.25) is 5.91 Å². The molecule has 1 aromatic heterocycles. The third kappa shape index (κ3) is 3.67. The first kappa shape index (κ1) is 15.1. The summed E-state index contributed by atoms with van der Waals surface area (Å²) in [6, 6.07) is 2.00. The molecule has 1 saturated carbocycles. The Morgan fingerprint density at radius 3 is 2.91 bits per heavy atom. The van der Waals surface area contributed by atoms with Crippen molar-refractivity contribution >= 4 is 17.5 Å². The van der Waals surface area contributed by atoms with Gasteiger partial charge in [0, 0.05) is 39.8 Å². The highest BCUT2D eigenvalue weighted by atomic mass is 16.2. The van der Waals surface area contributed by atoms with Crippen LogP contribution in [0, 0.1) is 11.8 Å². The standard InChI is InChI=1S/C16H25N5O/c1-20(2)16(22)13-4-3-7-21(10-13)15-8-14(18-11-19-15)17-9-12-5-6-12/h8,11-13H,3-7,9-10H2,1-2H3,(H,17,18,19). The molecule has 2 aliphatic rings. The normalized spacial score (nSPS) is 21.5. The molecule has 0 radical (unpaired) electrons. The van der Waals surface area contributed by atoms with Crippen molar-refractivity contribution in [1.82, 2.24) is 14.9 Å². The minimum atomic E-state index is 0.0709. The summed E-state index contributed by atoms with van der Waals surface area (Å²) in [4.78, 5) is 24.8. The Balaban J connectivity index is 1.64. The van der Waals surface area contributed by atoms with Crippen LogP contribution in [0.25, 0.3) is 0 Å². The van der Waals surface area contributed by atoms with E-state index in [9.17, 15) is 4.79 Å². The van der Waals surface area contributed by atoms with Gasteiger partial charge in [0.05, 0.1) is 5.92 Å². The van der Waals surface area contributed by atoms with Gasteiger partial charge >= 0.3 is 0 Å². The van der Waals surface area contributed by atoms with Crippen molar-refractivity contribution in [2.24, 2.45) is 11.8 Å². The van der Waals surface area contributed by atoms with E-state index in [2.05, 4.69) is 20.2 Å². The molecule has 120 valence electrons. The number of piperidine rings is 1. The summed E-state index contributed by atoms with van der Waals surface area (Å²) < 4.78 is 0. The first-order chi connectivity index (χ1) is 10.6. The van der Waals surface area contributed by atoms with E-state index >= 15 is 0 Å². The Kier molecular flexibility index (Phi) is 4.45. The van der Waals surface area contributed by atoms with Gasteiger partial charge in [-0.25, -0.2) is 9.97 Å². The molecule has 22 heavy (non-hydrogen) atoms. The van der Waals surface area contributed by atoms with E-state index < -0.39 is 0 Å². The maximum atomic E-state index is 12.2. The third-order valence-corrected chi connectivity index (χ3v) is 4.46. The van der Waals surface area contributed by atoms with Crippen LogP contribution in [0.4, 0.5) is 11.6 Å². The highest BCUT2D eigenvalue weighted by Crippen LogP contribution is 2.29. The van der Waals surface area contributed by atoms with Gasteiger partial charge in [-0.1, -0.05) is 0 Å². The Bertz CT molecular complexity index is 529. The van der Waals surface area contributed by atoms with Gasteiger partial charge in [-0.3, -0.25) is 4.79 Å². The molecule has 0 bridgehead atoms. The van der Waals surface area contributed by atoms with Gasteiger partial charge in [-0.05, 0) is 31.6 Å². The van der Waals surface area contributed by atoms with Crippen LogP contribution in [0.5, 0.6) is 0 Å². The van der Waals surface area contributed by atoms with E-state index in [0.717, 1.165) is 50.0 Å². The van der Waals surface area contributed by atoms with Crippen LogP contribution < -0.4 is 10.2 Å². The number of carbonyl (C=O) groups excluding carboxylic acids is 1. The Morgan fingerprint density at radius 1 is 1.36 bits per heavy atom. The zero-order valence-corrected chi connectivity index (χ0v) is 13.5. The fourth-order valence-corrected chi connectivity index (χ4v) is 2.94. The Labute approximate surface area is 131 Å². The second-order valence-electron chi connectivity index (χ2n) is 6.60. The predicted octanol–water partition coefficient (Wildman–Crippen LogP) is 1.60. The summed E-state index contributed by atoms with van der Waals surface area (Å²) in [5, 5.41) is 3.39. The van der Waals surface area contributed by atoms with Crippen LogP contribution in [0.1, 0.15) is 25.7 Å². The molecule has 1 aromatic rings. The van der Waals surface area contributed by atoms with Crippen LogP contribution in [0.2, 0.25) is 0 Å². The molecule has 6 heteroatoms. The van der Waals surface area contributed by atoms with Crippen molar-refractivity contribution in [3.05, 3.63) is 12.4 Å². The molecule has 1 N–H and O–H groups in total. The van der Waals surface area contributed by atoms with Gasteiger partial charge in [0.15, 0.2) is 0 Å². The zero-order chi connectivity index (χ0) is 15.5. The molecule has 2 fully saturated rings. The zero-order valence-electron chi connectivity index (χ0n) is 13.5. The summed E-state index contributed by atoms with van der Waals surface area (Å²) in [6.07, 6.45) is 6.25. The number of rotatable bonds is 5. The molecular weight excluding hydrogens is 278 g/mol. The average molecular weight is 303 g/mol. The van der Waals surface area contributed by atoms with Crippen LogP contribution >= 0.6 is 0 Å². The first-order valence-electron chi connectivity index (χ1n) is 8.15. The fourth-order valence-electron chi connectivity index (χ4n) is 2.94. The highest BCUT2D eigenvalue weighted by Gasteiger charge is 2.27.